The normalized spacial score (nSPS) is 17.1. The lowest BCUT2D eigenvalue weighted by Crippen LogP contribution is -2.06. The van der Waals surface area contributed by atoms with Gasteiger partial charge in [-0.3, -0.25) is 0 Å². The number of hydrogen-bond acceptors (Lipinski definition) is 3. The first-order valence-electron chi connectivity index (χ1n) is 4.89. The Morgan fingerprint density at radius 3 is 2.50 bits per heavy atom. The number of halogens is 2. The molecule has 1 aromatic rings. The minimum atomic E-state index is -0.828. The molecule has 1 aliphatic rings. The molecule has 1 N–H and O–H groups in total. The van der Waals surface area contributed by atoms with Gasteiger partial charge < -0.3 is 5.11 Å². The van der Waals surface area contributed by atoms with Crippen LogP contribution in [0, 0.1) is 0 Å². The van der Waals surface area contributed by atoms with Gasteiger partial charge in [-0.2, -0.15) is 0 Å². The molecule has 2 rings (SSSR count). The highest BCUT2D eigenvalue weighted by atomic mass is 35.5. The fourth-order valence-corrected chi connectivity index (χ4v) is 2.14. The van der Waals surface area contributed by atoms with Crippen LogP contribution in [0.3, 0.4) is 0 Å². The Morgan fingerprint density at radius 2 is 1.94 bits per heavy atom. The van der Waals surface area contributed by atoms with Gasteiger partial charge in [0.2, 0.25) is 0 Å². The van der Waals surface area contributed by atoms with Gasteiger partial charge in [-0.15, -0.1) is 0 Å². The summed E-state index contributed by atoms with van der Waals surface area (Å²) in [5.41, 5.74) is 1.26. The van der Waals surface area contributed by atoms with Crippen LogP contribution in [0.15, 0.2) is 30.1 Å². The zero-order valence-electron chi connectivity index (χ0n) is 8.40. The maximum atomic E-state index is 10.2. The molecule has 0 aromatic carbocycles. The zero-order chi connectivity index (χ0) is 11.5. The molecule has 16 heavy (non-hydrogen) atoms. The first-order valence-corrected chi connectivity index (χ1v) is 5.65. The molecular formula is C11H10Cl2N2O. The smallest absolute Gasteiger partial charge is 0.140 e. The lowest BCUT2D eigenvalue weighted by Gasteiger charge is -2.17. The predicted molar refractivity (Wildman–Crippen MR) is 63.5 cm³/mol. The largest absolute Gasteiger partial charge is 0.384 e. The number of hydrogen-bond donors (Lipinski definition) is 1. The molecule has 84 valence electrons. The topological polar surface area (TPSA) is 46.0 Å². The summed E-state index contributed by atoms with van der Waals surface area (Å²) in [5, 5.41) is 10.6. The van der Waals surface area contributed by atoms with Crippen LogP contribution in [0.2, 0.25) is 10.3 Å². The molecule has 3 nitrogen and oxygen atoms in total. The van der Waals surface area contributed by atoms with Crippen molar-refractivity contribution in [2.75, 3.05) is 0 Å². The van der Waals surface area contributed by atoms with E-state index < -0.39 is 6.10 Å². The van der Waals surface area contributed by atoms with Crippen LogP contribution in [-0.4, -0.2) is 15.1 Å². The summed E-state index contributed by atoms with van der Waals surface area (Å²) in [6.45, 7) is 0. The van der Waals surface area contributed by atoms with Crippen molar-refractivity contribution >= 4 is 23.2 Å². The van der Waals surface area contributed by atoms with Gasteiger partial charge in [0.05, 0.1) is 5.56 Å². The predicted octanol–water partition coefficient (Wildman–Crippen LogP) is 3.09. The molecule has 0 radical (unpaired) electrons. The average molecular weight is 257 g/mol. The molecule has 1 aliphatic carbocycles. The summed E-state index contributed by atoms with van der Waals surface area (Å²) in [6.07, 6.45) is 7.97. The summed E-state index contributed by atoms with van der Waals surface area (Å²) in [4.78, 5) is 7.64. The highest BCUT2D eigenvalue weighted by Gasteiger charge is 2.21. The SMILES string of the molecule is OC(C1=CC=CCC1)c1c(Cl)ncnc1Cl. The molecule has 1 aromatic heterocycles. The maximum absolute atomic E-state index is 10.2. The summed E-state index contributed by atoms with van der Waals surface area (Å²) in [6, 6.07) is 0. The second-order valence-electron chi connectivity index (χ2n) is 3.48. The molecule has 0 saturated carbocycles. The lowest BCUT2D eigenvalue weighted by molar-refractivity contribution is 0.210. The first kappa shape index (κ1) is 11.6. The Labute approximate surface area is 103 Å². The van der Waals surface area contributed by atoms with Gasteiger partial charge in [0.1, 0.15) is 22.7 Å². The van der Waals surface area contributed by atoms with E-state index in [9.17, 15) is 5.11 Å². The minimum absolute atomic E-state index is 0.197. The average Bonchev–Trinajstić information content (AvgIpc) is 2.30. The van der Waals surface area contributed by atoms with Crippen molar-refractivity contribution in [3.8, 4) is 0 Å². The molecule has 1 atom stereocenters. The molecule has 0 fully saturated rings. The maximum Gasteiger partial charge on any atom is 0.140 e. The molecule has 5 heteroatoms. The van der Waals surface area contributed by atoms with Crippen molar-refractivity contribution in [2.24, 2.45) is 0 Å². The second-order valence-corrected chi connectivity index (χ2v) is 4.20. The van der Waals surface area contributed by atoms with Crippen LogP contribution in [0.25, 0.3) is 0 Å². The van der Waals surface area contributed by atoms with Crippen LogP contribution in [0.4, 0.5) is 0 Å². The van der Waals surface area contributed by atoms with Crippen molar-refractivity contribution < 1.29 is 5.11 Å². The van der Waals surface area contributed by atoms with Crippen LogP contribution in [0.5, 0.6) is 0 Å². The summed E-state index contributed by atoms with van der Waals surface area (Å²) < 4.78 is 0. The zero-order valence-corrected chi connectivity index (χ0v) is 9.91. The molecule has 1 heterocycles. The van der Waals surface area contributed by atoms with Gasteiger partial charge in [-0.25, -0.2) is 9.97 Å². The molecular weight excluding hydrogens is 247 g/mol. The highest BCUT2D eigenvalue weighted by molar-refractivity contribution is 6.34. The molecule has 0 bridgehead atoms. The van der Waals surface area contributed by atoms with E-state index in [1.807, 2.05) is 18.2 Å². The summed E-state index contributed by atoms with van der Waals surface area (Å²) in [7, 11) is 0. The lowest BCUT2D eigenvalue weighted by atomic mass is 9.96. The van der Waals surface area contributed by atoms with Gasteiger partial charge in [0.25, 0.3) is 0 Å². The van der Waals surface area contributed by atoms with E-state index in [-0.39, 0.29) is 10.3 Å². The number of aromatic nitrogens is 2. The van der Waals surface area contributed by atoms with Crippen molar-refractivity contribution in [2.45, 2.75) is 18.9 Å². The van der Waals surface area contributed by atoms with Crippen molar-refractivity contribution in [1.82, 2.24) is 9.97 Å². The van der Waals surface area contributed by atoms with Crippen LogP contribution in [-0.2, 0) is 0 Å². The van der Waals surface area contributed by atoms with E-state index in [4.69, 9.17) is 23.2 Å². The molecule has 0 saturated heterocycles. The van der Waals surface area contributed by atoms with E-state index in [1.54, 1.807) is 0 Å². The van der Waals surface area contributed by atoms with Crippen molar-refractivity contribution in [1.29, 1.82) is 0 Å². The summed E-state index contributed by atoms with van der Waals surface area (Å²) in [5.74, 6) is 0. The number of aliphatic hydroxyl groups is 1. The second kappa shape index (κ2) is 4.95. The van der Waals surface area contributed by atoms with Gasteiger partial charge in [-0.05, 0) is 18.4 Å². The van der Waals surface area contributed by atoms with Gasteiger partial charge >= 0.3 is 0 Å². The fraction of sp³-hybridized carbons (Fsp3) is 0.273. The number of allylic oxidation sites excluding steroid dienone is 3. The molecule has 1 unspecified atom stereocenters. The number of aliphatic hydroxyl groups excluding tert-OH is 1. The third kappa shape index (κ3) is 2.26. The third-order valence-electron chi connectivity index (χ3n) is 2.46. The van der Waals surface area contributed by atoms with Crippen molar-refractivity contribution in [3.05, 3.63) is 46.0 Å². The van der Waals surface area contributed by atoms with E-state index in [2.05, 4.69) is 9.97 Å². The van der Waals surface area contributed by atoms with E-state index >= 15 is 0 Å². The monoisotopic (exact) mass is 256 g/mol. The molecule has 0 amide bonds. The van der Waals surface area contributed by atoms with Crippen LogP contribution >= 0.6 is 23.2 Å². The van der Waals surface area contributed by atoms with Gasteiger partial charge in [-0.1, -0.05) is 41.4 Å². The third-order valence-corrected chi connectivity index (χ3v) is 3.06. The van der Waals surface area contributed by atoms with Gasteiger partial charge in [0, 0.05) is 0 Å². The quantitative estimate of drug-likeness (QED) is 0.828. The van der Waals surface area contributed by atoms with Crippen molar-refractivity contribution in [3.63, 3.8) is 0 Å². The summed E-state index contributed by atoms with van der Waals surface area (Å²) >= 11 is 11.8. The highest BCUT2D eigenvalue weighted by Crippen LogP contribution is 2.34. The Morgan fingerprint density at radius 1 is 1.25 bits per heavy atom. The number of nitrogens with zero attached hydrogens (tertiary/aromatic N) is 2. The Balaban J connectivity index is 2.37. The Hall–Kier alpha value is -0.900. The molecule has 0 aliphatic heterocycles. The molecule has 0 spiro atoms. The van der Waals surface area contributed by atoms with E-state index in [1.165, 1.54) is 6.33 Å². The standard InChI is InChI=1S/C11H10Cl2N2O/c12-10-8(11(13)15-6-14-10)9(16)7-4-2-1-3-5-7/h1-2,4,6,9,16H,3,5H2. The van der Waals surface area contributed by atoms with E-state index in [0.29, 0.717) is 5.56 Å². The van der Waals surface area contributed by atoms with E-state index in [0.717, 1.165) is 18.4 Å². The minimum Gasteiger partial charge on any atom is -0.384 e. The number of rotatable bonds is 2. The first-order chi connectivity index (χ1) is 7.70. The fourth-order valence-electron chi connectivity index (χ4n) is 1.61. The Bertz CT molecular complexity index is 437. The van der Waals surface area contributed by atoms with Crippen LogP contribution < -0.4 is 0 Å². The van der Waals surface area contributed by atoms with Gasteiger partial charge in [0.15, 0.2) is 0 Å². The van der Waals surface area contributed by atoms with Crippen LogP contribution in [0.1, 0.15) is 24.5 Å². The Kier molecular flexibility index (Phi) is 3.59.